The van der Waals surface area contributed by atoms with Crippen molar-refractivity contribution in [2.75, 3.05) is 6.54 Å². The summed E-state index contributed by atoms with van der Waals surface area (Å²) >= 11 is 0. The highest BCUT2D eigenvalue weighted by Crippen LogP contribution is 2.54. The minimum atomic E-state index is -0.0714. The van der Waals surface area contributed by atoms with Crippen LogP contribution in [0.15, 0.2) is 18.2 Å². The molecule has 0 aromatic heterocycles. The molecule has 0 amide bonds. The van der Waals surface area contributed by atoms with Crippen LogP contribution < -0.4 is 5.32 Å². The van der Waals surface area contributed by atoms with Crippen molar-refractivity contribution in [2.24, 2.45) is 5.41 Å². The molecule has 0 heterocycles. The number of rotatable bonds is 4. The fraction of sp³-hybridized carbons (Fsp3) is 0.625. The van der Waals surface area contributed by atoms with Crippen molar-refractivity contribution in [3.05, 3.63) is 35.1 Å². The quantitative estimate of drug-likeness (QED) is 0.850. The highest BCUT2D eigenvalue weighted by atomic mass is 19.1. The lowest BCUT2D eigenvalue weighted by Crippen LogP contribution is -2.56. The molecule has 1 aliphatic rings. The predicted octanol–water partition coefficient (Wildman–Crippen LogP) is 4.02. The molecule has 18 heavy (non-hydrogen) atoms. The second-order valence-electron chi connectivity index (χ2n) is 5.77. The van der Waals surface area contributed by atoms with Crippen LogP contribution in [0.25, 0.3) is 0 Å². The molecule has 2 rings (SSSR count). The van der Waals surface area contributed by atoms with Crippen molar-refractivity contribution in [1.82, 2.24) is 5.32 Å². The fourth-order valence-corrected chi connectivity index (χ4v) is 3.25. The van der Waals surface area contributed by atoms with Gasteiger partial charge in [0.1, 0.15) is 5.82 Å². The van der Waals surface area contributed by atoms with E-state index >= 15 is 0 Å². The summed E-state index contributed by atoms with van der Waals surface area (Å²) in [6.07, 6.45) is 2.26. The summed E-state index contributed by atoms with van der Waals surface area (Å²) in [5.74, 6) is 0.416. The Morgan fingerprint density at radius 2 is 2.11 bits per heavy atom. The number of halogens is 1. The highest BCUT2D eigenvalue weighted by molar-refractivity contribution is 5.31. The van der Waals surface area contributed by atoms with Crippen LogP contribution in [0.1, 0.15) is 50.7 Å². The van der Waals surface area contributed by atoms with Gasteiger partial charge in [-0.25, -0.2) is 4.39 Å². The summed E-state index contributed by atoms with van der Waals surface area (Å²) < 4.78 is 13.7. The molecule has 1 fully saturated rings. The molecular weight excluding hydrogens is 225 g/mol. The summed E-state index contributed by atoms with van der Waals surface area (Å²) in [6, 6.07) is 6.30. The van der Waals surface area contributed by atoms with E-state index in [4.69, 9.17) is 0 Å². The van der Waals surface area contributed by atoms with Gasteiger partial charge in [0.05, 0.1) is 0 Å². The Kier molecular flexibility index (Phi) is 3.76. The van der Waals surface area contributed by atoms with E-state index in [-0.39, 0.29) is 11.2 Å². The molecule has 3 atom stereocenters. The summed E-state index contributed by atoms with van der Waals surface area (Å²) in [7, 11) is 0. The first-order valence-corrected chi connectivity index (χ1v) is 7.02. The molecule has 0 bridgehead atoms. The van der Waals surface area contributed by atoms with E-state index in [0.717, 1.165) is 30.5 Å². The van der Waals surface area contributed by atoms with Crippen LogP contribution in [0.5, 0.6) is 0 Å². The van der Waals surface area contributed by atoms with Crippen molar-refractivity contribution in [3.63, 3.8) is 0 Å². The maximum Gasteiger partial charge on any atom is 0.126 e. The van der Waals surface area contributed by atoms with Crippen molar-refractivity contribution in [3.8, 4) is 0 Å². The van der Waals surface area contributed by atoms with E-state index in [0.29, 0.717) is 12.0 Å². The van der Waals surface area contributed by atoms with Gasteiger partial charge in [-0.1, -0.05) is 32.9 Å². The molecule has 1 aliphatic carbocycles. The van der Waals surface area contributed by atoms with E-state index in [2.05, 4.69) is 32.2 Å². The summed E-state index contributed by atoms with van der Waals surface area (Å²) in [5.41, 5.74) is 2.16. The van der Waals surface area contributed by atoms with Gasteiger partial charge >= 0.3 is 0 Å². The van der Waals surface area contributed by atoms with Gasteiger partial charge in [0, 0.05) is 6.04 Å². The van der Waals surface area contributed by atoms with Gasteiger partial charge in [-0.3, -0.25) is 0 Å². The van der Waals surface area contributed by atoms with Crippen molar-refractivity contribution in [1.29, 1.82) is 0 Å². The Hall–Kier alpha value is -0.890. The summed E-state index contributed by atoms with van der Waals surface area (Å²) in [4.78, 5) is 0. The van der Waals surface area contributed by atoms with Gasteiger partial charge in [-0.15, -0.1) is 0 Å². The van der Waals surface area contributed by atoms with Crippen molar-refractivity contribution in [2.45, 2.75) is 52.5 Å². The molecule has 1 N–H and O–H groups in total. The van der Waals surface area contributed by atoms with Gasteiger partial charge in [-0.2, -0.15) is 0 Å². The highest BCUT2D eigenvalue weighted by Gasteiger charge is 2.50. The minimum absolute atomic E-state index is 0.0714. The predicted molar refractivity (Wildman–Crippen MR) is 74.4 cm³/mol. The fourth-order valence-electron chi connectivity index (χ4n) is 3.25. The lowest BCUT2D eigenvalue weighted by molar-refractivity contribution is 0.0453. The van der Waals surface area contributed by atoms with Gasteiger partial charge in [0.2, 0.25) is 0 Å². The van der Waals surface area contributed by atoms with Crippen LogP contribution in [0, 0.1) is 18.2 Å². The van der Waals surface area contributed by atoms with Crippen LogP contribution in [0.4, 0.5) is 4.39 Å². The molecule has 1 saturated carbocycles. The van der Waals surface area contributed by atoms with E-state index in [1.807, 2.05) is 13.0 Å². The Bertz CT molecular complexity index is 429. The SMILES string of the molecule is CCNC1CC(c2ccc(C)c(F)c2)C1(C)CC. The maximum atomic E-state index is 13.7. The van der Waals surface area contributed by atoms with Crippen LogP contribution in [-0.4, -0.2) is 12.6 Å². The van der Waals surface area contributed by atoms with Gasteiger partial charge < -0.3 is 5.32 Å². The van der Waals surface area contributed by atoms with Crippen LogP contribution >= 0.6 is 0 Å². The normalized spacial score (nSPS) is 31.2. The lowest BCUT2D eigenvalue weighted by Gasteiger charge is -2.55. The Morgan fingerprint density at radius 1 is 1.39 bits per heavy atom. The molecule has 1 nitrogen and oxygen atoms in total. The number of hydrogen-bond donors (Lipinski definition) is 1. The summed E-state index contributed by atoms with van der Waals surface area (Å²) in [6.45, 7) is 9.54. The lowest BCUT2D eigenvalue weighted by atomic mass is 9.54. The second-order valence-corrected chi connectivity index (χ2v) is 5.77. The molecule has 100 valence electrons. The number of benzene rings is 1. The van der Waals surface area contributed by atoms with Crippen LogP contribution in [0.3, 0.4) is 0 Å². The Morgan fingerprint density at radius 3 is 2.67 bits per heavy atom. The largest absolute Gasteiger partial charge is 0.314 e. The summed E-state index contributed by atoms with van der Waals surface area (Å²) in [5, 5.41) is 3.56. The average Bonchev–Trinajstić information content (AvgIpc) is 2.36. The Balaban J connectivity index is 2.22. The van der Waals surface area contributed by atoms with E-state index in [9.17, 15) is 4.39 Å². The zero-order valence-corrected chi connectivity index (χ0v) is 11.9. The smallest absolute Gasteiger partial charge is 0.126 e. The molecule has 1 aromatic rings. The first-order valence-electron chi connectivity index (χ1n) is 7.02. The van der Waals surface area contributed by atoms with E-state index in [1.165, 1.54) is 0 Å². The molecular formula is C16H24FN. The zero-order chi connectivity index (χ0) is 13.3. The molecule has 0 aliphatic heterocycles. The maximum absolute atomic E-state index is 13.7. The molecule has 1 aromatic carbocycles. The minimum Gasteiger partial charge on any atom is -0.314 e. The van der Waals surface area contributed by atoms with Gasteiger partial charge in [0.25, 0.3) is 0 Å². The molecule has 0 radical (unpaired) electrons. The molecule has 0 saturated heterocycles. The average molecular weight is 249 g/mol. The zero-order valence-electron chi connectivity index (χ0n) is 11.9. The molecule has 0 spiro atoms. The molecule has 3 unspecified atom stereocenters. The first-order chi connectivity index (χ1) is 8.52. The second kappa shape index (κ2) is 5.00. The van der Waals surface area contributed by atoms with Gasteiger partial charge in [-0.05, 0) is 54.8 Å². The third-order valence-electron chi connectivity index (χ3n) is 4.87. The van der Waals surface area contributed by atoms with Crippen LogP contribution in [0.2, 0.25) is 0 Å². The number of hydrogen-bond acceptors (Lipinski definition) is 1. The third kappa shape index (κ3) is 2.07. The van der Waals surface area contributed by atoms with Crippen molar-refractivity contribution < 1.29 is 4.39 Å². The third-order valence-corrected chi connectivity index (χ3v) is 4.87. The van der Waals surface area contributed by atoms with Gasteiger partial charge in [0.15, 0.2) is 0 Å². The van der Waals surface area contributed by atoms with Crippen LogP contribution in [-0.2, 0) is 0 Å². The van der Waals surface area contributed by atoms with E-state index in [1.54, 1.807) is 6.07 Å². The first kappa shape index (κ1) is 13.5. The monoisotopic (exact) mass is 249 g/mol. The van der Waals surface area contributed by atoms with Crippen molar-refractivity contribution >= 4 is 0 Å². The van der Waals surface area contributed by atoms with E-state index < -0.39 is 0 Å². The Labute approximate surface area is 110 Å². The number of aryl methyl sites for hydroxylation is 1. The number of nitrogens with one attached hydrogen (secondary N) is 1. The molecule has 2 heteroatoms. The topological polar surface area (TPSA) is 12.0 Å². The standard InChI is InChI=1S/C16H24FN/c1-5-16(4)13(10-15(16)18-6-2)12-8-7-11(3)14(17)9-12/h7-9,13,15,18H,5-6,10H2,1-4H3.